The summed E-state index contributed by atoms with van der Waals surface area (Å²) in [5, 5.41) is 34.9. The number of nitrogens with one attached hydrogen (secondary N) is 1. The van der Waals surface area contributed by atoms with Gasteiger partial charge in [-0.15, -0.1) is 0 Å². The summed E-state index contributed by atoms with van der Waals surface area (Å²) >= 11 is 0. The molecule has 0 aliphatic carbocycles. The molecule has 4 heterocycles. The maximum absolute atomic E-state index is 13.2. The Labute approximate surface area is 531 Å². The lowest BCUT2D eigenvalue weighted by molar-refractivity contribution is 0.0967. The molecule has 6 aromatic rings. The molecule has 3 aliphatic rings. The van der Waals surface area contributed by atoms with Crippen LogP contribution in [-0.4, -0.2) is 82.2 Å². The number of aromatic nitrogens is 1. The highest BCUT2D eigenvalue weighted by atomic mass is 16.5. The van der Waals surface area contributed by atoms with E-state index in [-0.39, 0.29) is 78.7 Å². The van der Waals surface area contributed by atoms with Crippen LogP contribution in [0.15, 0.2) is 103 Å². The van der Waals surface area contributed by atoms with Crippen molar-refractivity contribution in [2.24, 2.45) is 29.0 Å². The zero-order valence-electron chi connectivity index (χ0n) is 53.6. The molecule has 20 heteroatoms. The number of pyridine rings is 1. The Morgan fingerprint density at radius 2 is 0.867 bits per heavy atom. The van der Waals surface area contributed by atoms with Crippen molar-refractivity contribution in [2.45, 2.75) is 176 Å². The zero-order chi connectivity index (χ0) is 65.5. The van der Waals surface area contributed by atoms with Crippen molar-refractivity contribution < 1.29 is 57.8 Å². The number of Topliss-reactive ketones (excluding diaryl/α,β-unsaturated/α-hetero) is 6. The number of carbonyl (C=O) groups excluding carboxylic acids is 6. The van der Waals surface area contributed by atoms with E-state index < -0.39 is 27.2 Å². The normalized spacial score (nSPS) is 15.7. The molecule has 0 saturated carbocycles. The Hall–Kier alpha value is -7.42. The standard InChI is InChI=1S/C27H36BNO4.C24H30BNO4.C19H22BN3O4/c1-17(2)9-10-20-13-21(11-12-23(20)16-29-18(3)4)26(31)15-24-14-22-7-6-8-25(19(5)30)27(22)33-28(24)32;1-15(2)7-8-17-11-18(9-10-20(17)14-26)23(28)13-21-12-19-5-4-6-22(16(3)27)24(19)30-25(21)29;1-11(24)16-4-2-3-12-6-15(20(26)27-19(12)16)7-18(25)14-5-13(8-21)17(9-22)23-10-14/h6-8,11-13,17-18,24,29,32H,9-10,14-16H2,1-5H3;4-6,9-11,15,21,29H,7-8,12-14,26H2,1-3H3;2-5,10,15,26H,6-9,21-22H2,1H3/t24-;21-;15-/m111/s1. The third kappa shape index (κ3) is 18.4. The molecule has 5 aromatic carbocycles. The van der Waals surface area contributed by atoms with E-state index in [1.807, 2.05) is 60.7 Å². The second-order valence-corrected chi connectivity index (χ2v) is 25.2. The van der Waals surface area contributed by atoms with Gasteiger partial charge in [0.05, 0.1) is 22.4 Å². The van der Waals surface area contributed by atoms with Gasteiger partial charge in [-0.2, -0.15) is 0 Å². The topological polar surface area (TPSA) is 294 Å². The summed E-state index contributed by atoms with van der Waals surface area (Å²) in [6.45, 7) is 19.2. The number of para-hydroxylation sites is 3. The van der Waals surface area contributed by atoms with Crippen molar-refractivity contribution in [3.63, 3.8) is 0 Å². The molecular weight excluding hydrogens is 1140 g/mol. The van der Waals surface area contributed by atoms with Crippen molar-refractivity contribution in [1.82, 2.24) is 10.3 Å². The van der Waals surface area contributed by atoms with Crippen molar-refractivity contribution in [1.29, 1.82) is 0 Å². The number of nitrogens with zero attached hydrogens (tertiary/aromatic N) is 1. The van der Waals surface area contributed by atoms with Crippen LogP contribution in [0, 0.1) is 11.8 Å². The lowest BCUT2D eigenvalue weighted by Crippen LogP contribution is -2.35. The molecule has 0 unspecified atom stereocenters. The molecule has 0 spiro atoms. The third-order valence-corrected chi connectivity index (χ3v) is 16.9. The van der Waals surface area contributed by atoms with Crippen LogP contribution in [-0.2, 0) is 58.3 Å². The molecule has 0 saturated heterocycles. The van der Waals surface area contributed by atoms with Crippen LogP contribution >= 0.6 is 0 Å². The summed E-state index contributed by atoms with van der Waals surface area (Å²) in [6, 6.07) is 29.9. The van der Waals surface area contributed by atoms with Gasteiger partial charge in [-0.3, -0.25) is 33.8 Å². The number of carbonyl (C=O) groups is 6. The highest BCUT2D eigenvalue weighted by Gasteiger charge is 2.40. The number of fused-ring (bicyclic) bond motifs is 3. The van der Waals surface area contributed by atoms with Gasteiger partial charge in [-0.1, -0.05) is 102 Å². The van der Waals surface area contributed by atoms with Crippen LogP contribution in [0.4, 0.5) is 0 Å². The van der Waals surface area contributed by atoms with Gasteiger partial charge >= 0.3 is 21.4 Å². The minimum Gasteiger partial charge on any atom is -0.535 e. The second kappa shape index (κ2) is 32.5. The monoisotopic (exact) mass is 1220 g/mol. The average molecular weight is 1220 g/mol. The van der Waals surface area contributed by atoms with Crippen LogP contribution in [0.5, 0.6) is 17.2 Å². The number of aryl methyl sites for hydroxylation is 2. The van der Waals surface area contributed by atoms with Gasteiger partial charge in [-0.05, 0) is 158 Å². The first-order valence-electron chi connectivity index (χ1n) is 31.5. The highest BCUT2D eigenvalue weighted by molar-refractivity contribution is 6.48. The van der Waals surface area contributed by atoms with E-state index in [1.54, 1.807) is 30.3 Å². The molecule has 0 bridgehead atoms. The summed E-state index contributed by atoms with van der Waals surface area (Å²) in [4.78, 5) is 78.5. The first kappa shape index (κ1) is 70.0. The molecule has 17 nitrogen and oxygen atoms in total. The second-order valence-electron chi connectivity index (χ2n) is 25.2. The van der Waals surface area contributed by atoms with Gasteiger partial charge < -0.3 is 51.6 Å². The molecule has 90 heavy (non-hydrogen) atoms. The Kier molecular flexibility index (Phi) is 25.3. The molecule has 0 amide bonds. The highest BCUT2D eigenvalue weighted by Crippen LogP contribution is 2.40. The lowest BCUT2D eigenvalue weighted by Gasteiger charge is -2.28. The lowest BCUT2D eigenvalue weighted by atomic mass is 9.64. The number of rotatable bonds is 24. The fourth-order valence-electron chi connectivity index (χ4n) is 11.6. The number of ketones is 6. The Morgan fingerprint density at radius 3 is 1.22 bits per heavy atom. The fraction of sp³-hybridized carbons (Fsp3) is 0.414. The van der Waals surface area contributed by atoms with Gasteiger partial charge in [0.15, 0.2) is 34.7 Å². The van der Waals surface area contributed by atoms with E-state index in [0.29, 0.717) is 100 Å². The van der Waals surface area contributed by atoms with Gasteiger partial charge in [-0.25, -0.2) is 0 Å². The molecule has 3 atom stereocenters. The van der Waals surface area contributed by atoms with E-state index in [2.05, 4.69) is 57.9 Å². The van der Waals surface area contributed by atoms with Crippen LogP contribution < -0.4 is 36.5 Å². The maximum Gasteiger partial charge on any atom is 0.526 e. The zero-order valence-corrected chi connectivity index (χ0v) is 53.6. The number of nitrogens with two attached hydrogens (primary N) is 3. The average Bonchev–Trinajstić information content (AvgIpc) is 1.17. The van der Waals surface area contributed by atoms with Gasteiger partial charge in [0.25, 0.3) is 0 Å². The summed E-state index contributed by atoms with van der Waals surface area (Å²) < 4.78 is 17.0. The Morgan fingerprint density at radius 1 is 0.500 bits per heavy atom. The molecule has 474 valence electrons. The van der Waals surface area contributed by atoms with E-state index in [4.69, 9.17) is 31.2 Å². The molecular formula is C70H88B3N5O12. The van der Waals surface area contributed by atoms with Crippen LogP contribution in [0.25, 0.3) is 0 Å². The van der Waals surface area contributed by atoms with Crippen LogP contribution in [0.2, 0.25) is 17.5 Å². The van der Waals surface area contributed by atoms with Gasteiger partial charge in [0.1, 0.15) is 17.2 Å². The predicted octanol–water partition coefficient (Wildman–Crippen LogP) is 10.3. The van der Waals surface area contributed by atoms with Gasteiger partial charge in [0.2, 0.25) is 0 Å². The smallest absolute Gasteiger partial charge is 0.526 e. The molecule has 3 aliphatic heterocycles. The predicted molar refractivity (Wildman–Crippen MR) is 353 cm³/mol. The molecule has 0 radical (unpaired) electrons. The summed E-state index contributed by atoms with van der Waals surface area (Å²) in [5.41, 5.74) is 28.9. The largest absolute Gasteiger partial charge is 0.535 e. The van der Waals surface area contributed by atoms with Gasteiger partial charge in [0, 0.05) is 91.8 Å². The minimum atomic E-state index is -1.16. The van der Waals surface area contributed by atoms with Crippen LogP contribution in [0.3, 0.4) is 0 Å². The Balaban J connectivity index is 0.000000193. The Bertz CT molecular complexity index is 3560. The summed E-state index contributed by atoms with van der Waals surface area (Å²) in [6.07, 6.45) is 7.32. The van der Waals surface area contributed by atoms with Crippen molar-refractivity contribution in [3.8, 4) is 17.2 Å². The maximum atomic E-state index is 13.2. The van der Waals surface area contributed by atoms with E-state index in [1.165, 1.54) is 38.1 Å². The van der Waals surface area contributed by atoms with Crippen molar-refractivity contribution in [3.05, 3.63) is 187 Å². The van der Waals surface area contributed by atoms with E-state index >= 15 is 0 Å². The minimum absolute atomic E-state index is 0.00277. The molecule has 1 aromatic heterocycles. The first-order valence-corrected chi connectivity index (χ1v) is 31.5. The summed E-state index contributed by atoms with van der Waals surface area (Å²) in [7, 11) is -3.39. The van der Waals surface area contributed by atoms with E-state index in [0.717, 1.165) is 65.6 Å². The van der Waals surface area contributed by atoms with E-state index in [9.17, 15) is 43.8 Å². The summed E-state index contributed by atoms with van der Waals surface area (Å²) in [5.74, 6) is 0.798. The third-order valence-electron chi connectivity index (χ3n) is 16.9. The molecule has 0 fully saturated rings. The molecule has 9 rings (SSSR count). The first-order chi connectivity index (χ1) is 42.9. The van der Waals surface area contributed by atoms with Crippen molar-refractivity contribution in [2.75, 3.05) is 0 Å². The number of benzene rings is 5. The number of hydrogen-bond acceptors (Lipinski definition) is 17. The van der Waals surface area contributed by atoms with Crippen LogP contribution in [0.1, 0.15) is 207 Å². The van der Waals surface area contributed by atoms with Crippen molar-refractivity contribution >= 4 is 56.1 Å². The quantitative estimate of drug-likeness (QED) is 0.0219. The number of hydrogen-bond donors (Lipinski definition) is 7. The molecule has 10 N–H and O–H groups in total. The SMILES string of the molecule is CC(=O)c1cccc2c1OB(O)[C@@H](CC(=O)c1ccc(CN)c(CCC(C)C)c1)C2.CC(=O)c1cccc2c1OB(O)[C@@H](CC(=O)c1ccc(CNC(C)C)c(CCC(C)C)c1)C2.CC(=O)c1cccc2c1OB(O)[C@@H](CC(=O)c1cnc(CN)c(CN)c1)C2. The fourth-order valence-corrected chi connectivity index (χ4v) is 11.6.